The van der Waals surface area contributed by atoms with Crippen LogP contribution in [0.2, 0.25) is 0 Å². The zero-order valence-corrected chi connectivity index (χ0v) is 24.4. The largest absolute Gasteiger partial charge is 0.497 e. The van der Waals surface area contributed by atoms with Crippen molar-refractivity contribution in [2.75, 3.05) is 27.6 Å². The van der Waals surface area contributed by atoms with Crippen LogP contribution < -0.4 is 23.7 Å². The zero-order valence-electron chi connectivity index (χ0n) is 24.4. The van der Waals surface area contributed by atoms with E-state index in [0.717, 1.165) is 23.1 Å². The highest BCUT2D eigenvalue weighted by atomic mass is 16.7. The lowest BCUT2D eigenvalue weighted by atomic mass is 9.79. The molecule has 3 aromatic carbocycles. The number of aromatic carboxylic acids is 1. The molecule has 44 heavy (non-hydrogen) atoms. The van der Waals surface area contributed by atoms with E-state index >= 15 is 0 Å². The molecule has 2 heterocycles. The van der Waals surface area contributed by atoms with Gasteiger partial charge in [-0.1, -0.05) is 25.1 Å². The van der Waals surface area contributed by atoms with Crippen molar-refractivity contribution in [2.24, 2.45) is 5.92 Å². The van der Waals surface area contributed by atoms with Crippen LogP contribution in [0.15, 0.2) is 73.1 Å². The number of aromatic nitrogens is 1. The first kappa shape index (κ1) is 28.9. The minimum Gasteiger partial charge on any atom is -0.497 e. The summed E-state index contributed by atoms with van der Waals surface area (Å²) in [5.74, 6) is -0.518. The molecule has 10 nitrogen and oxygen atoms in total. The van der Waals surface area contributed by atoms with Gasteiger partial charge < -0.3 is 33.5 Å². The molecule has 0 spiro atoms. The monoisotopic (exact) mass is 597 g/mol. The van der Waals surface area contributed by atoms with E-state index in [2.05, 4.69) is 4.98 Å². The molecule has 0 fully saturated rings. The van der Waals surface area contributed by atoms with Crippen LogP contribution in [0.5, 0.6) is 34.5 Å². The first-order valence-corrected chi connectivity index (χ1v) is 14.2. The second kappa shape index (κ2) is 12.2. The molecule has 0 saturated carbocycles. The van der Waals surface area contributed by atoms with Crippen LogP contribution in [0.1, 0.15) is 57.8 Å². The van der Waals surface area contributed by atoms with Crippen LogP contribution in [0.3, 0.4) is 0 Å². The Labute approximate surface area is 254 Å². The third-order valence-electron chi connectivity index (χ3n) is 7.94. The van der Waals surface area contributed by atoms with Crippen LogP contribution in [-0.4, -0.2) is 49.6 Å². The summed E-state index contributed by atoms with van der Waals surface area (Å²) >= 11 is 0. The molecule has 0 radical (unpaired) electrons. The van der Waals surface area contributed by atoms with Gasteiger partial charge in [0.1, 0.15) is 22.8 Å². The number of nitrogens with zero attached hydrogens (tertiary/aromatic N) is 1. The van der Waals surface area contributed by atoms with Crippen LogP contribution in [0, 0.1) is 5.92 Å². The number of carboxylic acid groups (broad SMARTS) is 1. The summed E-state index contributed by atoms with van der Waals surface area (Å²) in [5.41, 5.74) is 3.21. The van der Waals surface area contributed by atoms with Gasteiger partial charge in [0, 0.05) is 29.7 Å². The van der Waals surface area contributed by atoms with Crippen LogP contribution in [0.25, 0.3) is 0 Å². The molecule has 6 rings (SSSR count). The van der Waals surface area contributed by atoms with Crippen molar-refractivity contribution in [3.63, 3.8) is 0 Å². The minimum absolute atomic E-state index is 0.0506. The molecule has 3 unspecified atom stereocenters. The third kappa shape index (κ3) is 5.23. The average molecular weight is 598 g/mol. The lowest BCUT2D eigenvalue weighted by Crippen LogP contribution is -2.25. The van der Waals surface area contributed by atoms with Gasteiger partial charge in [-0.25, -0.2) is 4.79 Å². The Balaban J connectivity index is 1.55. The van der Waals surface area contributed by atoms with Crippen molar-refractivity contribution >= 4 is 11.9 Å². The summed E-state index contributed by atoms with van der Waals surface area (Å²) in [7, 11) is 2.90. The van der Waals surface area contributed by atoms with E-state index in [1.54, 1.807) is 12.1 Å². The zero-order chi connectivity index (χ0) is 30.8. The van der Waals surface area contributed by atoms with Crippen molar-refractivity contribution in [2.45, 2.75) is 25.2 Å². The van der Waals surface area contributed by atoms with Gasteiger partial charge >= 0.3 is 11.9 Å². The van der Waals surface area contributed by atoms with Gasteiger partial charge in [-0.15, -0.1) is 0 Å². The molecule has 1 aromatic heterocycles. The lowest BCUT2D eigenvalue weighted by Gasteiger charge is -2.26. The second-order valence-corrected chi connectivity index (χ2v) is 10.4. The Morgan fingerprint density at radius 1 is 0.886 bits per heavy atom. The maximum atomic E-state index is 13.8. The van der Waals surface area contributed by atoms with Crippen molar-refractivity contribution in [1.29, 1.82) is 0 Å². The fraction of sp³-hybridized carbons (Fsp3) is 0.265. The summed E-state index contributed by atoms with van der Waals surface area (Å²) < 4.78 is 34.5. The molecule has 226 valence electrons. The number of carboxylic acids is 1. The highest BCUT2D eigenvalue weighted by Gasteiger charge is 2.48. The number of pyridine rings is 1. The Hall–Kier alpha value is -5.25. The molecular formula is C34H31NO9. The van der Waals surface area contributed by atoms with Crippen molar-refractivity contribution in [1.82, 2.24) is 4.98 Å². The minimum atomic E-state index is -1.16. The number of hydrogen-bond donors (Lipinski definition) is 1. The molecule has 1 N–H and O–H groups in total. The van der Waals surface area contributed by atoms with Gasteiger partial charge in [-0.2, -0.15) is 0 Å². The van der Waals surface area contributed by atoms with Crippen LogP contribution in [-0.2, 0) is 9.53 Å². The van der Waals surface area contributed by atoms with E-state index in [4.69, 9.17) is 28.4 Å². The number of methoxy groups -OCH3 is 2. The maximum absolute atomic E-state index is 13.8. The SMILES string of the molecule is CCCOc1ccc2c(c1)C(c1ccc(OC)cc1Oc1cnccc1C(=O)O)C(C(=O)OC)C2c1ccc2c(c1)OCO2. The Kier molecular flexibility index (Phi) is 7.97. The summed E-state index contributed by atoms with van der Waals surface area (Å²) in [5, 5.41) is 9.80. The van der Waals surface area contributed by atoms with E-state index in [9.17, 15) is 14.7 Å². The number of esters is 1. The fourth-order valence-electron chi connectivity index (χ4n) is 6.00. The van der Waals surface area contributed by atoms with E-state index < -0.39 is 29.7 Å². The molecule has 10 heteroatoms. The quantitative estimate of drug-likeness (QED) is 0.213. The Morgan fingerprint density at radius 3 is 2.45 bits per heavy atom. The molecule has 1 aliphatic heterocycles. The summed E-state index contributed by atoms with van der Waals surface area (Å²) in [6.45, 7) is 2.69. The molecule has 1 aliphatic carbocycles. The summed E-state index contributed by atoms with van der Waals surface area (Å²) in [4.78, 5) is 29.9. The van der Waals surface area contributed by atoms with Crippen LogP contribution in [0.4, 0.5) is 0 Å². The smallest absolute Gasteiger partial charge is 0.339 e. The first-order chi connectivity index (χ1) is 21.4. The van der Waals surface area contributed by atoms with Gasteiger partial charge in [-0.3, -0.25) is 9.78 Å². The Morgan fingerprint density at radius 2 is 1.68 bits per heavy atom. The Bertz CT molecular complexity index is 1720. The summed E-state index contributed by atoms with van der Waals surface area (Å²) in [6.07, 6.45) is 3.56. The van der Waals surface area contributed by atoms with Gasteiger partial charge in [-0.05, 0) is 59.5 Å². The average Bonchev–Trinajstić information content (AvgIpc) is 3.65. The van der Waals surface area contributed by atoms with Crippen LogP contribution >= 0.6 is 0 Å². The highest BCUT2D eigenvalue weighted by Crippen LogP contribution is 2.56. The normalized spacial score (nSPS) is 17.9. The number of ether oxygens (including phenoxy) is 6. The fourth-order valence-corrected chi connectivity index (χ4v) is 6.00. The number of carbonyl (C=O) groups is 2. The maximum Gasteiger partial charge on any atom is 0.339 e. The molecular weight excluding hydrogens is 566 g/mol. The third-order valence-corrected chi connectivity index (χ3v) is 7.94. The van der Waals surface area contributed by atoms with E-state index in [1.807, 2.05) is 49.4 Å². The highest BCUT2D eigenvalue weighted by molar-refractivity contribution is 5.90. The molecule has 0 bridgehead atoms. The molecule has 3 atom stereocenters. The molecule has 2 aliphatic rings. The van der Waals surface area contributed by atoms with Gasteiger partial charge in [0.15, 0.2) is 17.2 Å². The second-order valence-electron chi connectivity index (χ2n) is 10.4. The van der Waals surface area contributed by atoms with Gasteiger partial charge in [0.05, 0.1) is 32.9 Å². The van der Waals surface area contributed by atoms with E-state index in [0.29, 0.717) is 40.9 Å². The van der Waals surface area contributed by atoms with Gasteiger partial charge in [0.25, 0.3) is 0 Å². The van der Waals surface area contributed by atoms with Crippen molar-refractivity contribution in [3.05, 3.63) is 101 Å². The predicted octanol–water partition coefficient (Wildman–Crippen LogP) is 6.16. The van der Waals surface area contributed by atoms with E-state index in [-0.39, 0.29) is 18.1 Å². The standard InChI is InChI=1S/C34H31NO9/c1-4-13-41-21-7-8-22-25(15-21)31(32(34(38)40-3)30(22)19-5-10-26-28(14-19)43-18-42-26)23-9-6-20(39-2)16-27(23)44-29-17-35-12-11-24(29)33(36)37/h5-12,14-17,30-32H,4,13,18H2,1-3H3,(H,36,37). The lowest BCUT2D eigenvalue weighted by molar-refractivity contribution is -0.146. The number of benzene rings is 3. The number of hydrogen-bond acceptors (Lipinski definition) is 9. The van der Waals surface area contributed by atoms with Crippen molar-refractivity contribution < 1.29 is 43.1 Å². The van der Waals surface area contributed by atoms with Crippen molar-refractivity contribution in [3.8, 4) is 34.5 Å². The molecule has 0 amide bonds. The summed E-state index contributed by atoms with van der Waals surface area (Å²) in [6, 6.07) is 18.2. The van der Waals surface area contributed by atoms with E-state index in [1.165, 1.54) is 32.7 Å². The number of fused-ring (bicyclic) bond motifs is 2. The number of carbonyl (C=O) groups excluding carboxylic acids is 1. The molecule has 0 saturated heterocycles. The van der Waals surface area contributed by atoms with Gasteiger partial charge in [0.2, 0.25) is 6.79 Å². The molecule has 4 aromatic rings. The first-order valence-electron chi connectivity index (χ1n) is 14.2. The number of rotatable bonds is 10. The topological polar surface area (TPSA) is 123 Å². The predicted molar refractivity (Wildman–Crippen MR) is 158 cm³/mol.